The number of aliphatic hydroxyl groups is 4. The molecule has 100 valence electrons. The van der Waals surface area contributed by atoms with E-state index in [4.69, 9.17) is 37.9 Å². The summed E-state index contributed by atoms with van der Waals surface area (Å²) >= 11 is 0. The first-order valence-corrected chi connectivity index (χ1v) is 5.20. The van der Waals surface area contributed by atoms with Crippen molar-refractivity contribution in [2.75, 3.05) is 6.61 Å². The Balaban J connectivity index is 0. The zero-order chi connectivity index (χ0) is 13.8. The van der Waals surface area contributed by atoms with Crippen LogP contribution in [0.1, 0.15) is 0 Å². The maximum Gasteiger partial charge on any atom is 2.00 e. The zero-order valence-corrected chi connectivity index (χ0v) is 12.5. The molecule has 0 spiro atoms. The van der Waals surface area contributed by atoms with Crippen molar-refractivity contribution < 1.29 is 67.0 Å². The Labute approximate surface area is 114 Å². The molecule has 4 N–H and O–H groups in total. The van der Waals surface area contributed by atoms with Gasteiger partial charge in [-0.1, -0.05) is 0 Å². The molecule has 1 aliphatic heterocycles. The Kier molecular flexibility index (Phi) is 8.27. The maximum atomic E-state index is 10.5. The minimum atomic E-state index is -5.17. The molecule has 18 heavy (non-hydrogen) atoms. The third-order valence-electron chi connectivity index (χ3n) is 1.48. The third-order valence-corrected chi connectivity index (χ3v) is 1.48. The molecule has 12 heteroatoms. The van der Waals surface area contributed by atoms with Crippen molar-refractivity contribution in [1.29, 1.82) is 0 Å². The summed E-state index contributed by atoms with van der Waals surface area (Å²) in [5, 5.41) is 35.0. The number of hydrogen-bond acceptors (Lipinski definition) is 10. The second kappa shape index (κ2) is 7.61. The Bertz CT molecular complexity index is 406. The number of ether oxygens (including phenoxy) is 1. The van der Waals surface area contributed by atoms with Crippen LogP contribution < -0.4 is 0 Å². The van der Waals surface area contributed by atoms with Gasteiger partial charge in [-0.15, -0.1) is 0 Å². The third kappa shape index (κ3) is 6.84. The minimum absolute atomic E-state index is 0. The monoisotopic (exact) mass is 336 g/mol. The van der Waals surface area contributed by atoms with Crippen molar-refractivity contribution in [3.05, 3.63) is 11.5 Å². The minimum Gasteiger partial charge on any atom is -0.759 e. The molecule has 1 unspecified atom stereocenters. The molecule has 1 heterocycles. The van der Waals surface area contributed by atoms with Crippen molar-refractivity contribution in [2.24, 2.45) is 0 Å². The van der Waals surface area contributed by atoms with Gasteiger partial charge in [0.25, 0.3) is 0 Å². The first-order valence-electron chi connectivity index (χ1n) is 3.86. The predicted octanol–water partition coefficient (Wildman–Crippen LogP) is -2.75. The van der Waals surface area contributed by atoms with E-state index in [0.717, 1.165) is 0 Å². The molecular formula is C6H8O10SZn. The van der Waals surface area contributed by atoms with Crippen molar-refractivity contribution in [2.45, 2.75) is 12.2 Å². The first-order chi connectivity index (χ1) is 7.57. The fourth-order valence-electron chi connectivity index (χ4n) is 0.823. The van der Waals surface area contributed by atoms with Gasteiger partial charge in [0.2, 0.25) is 5.76 Å². The van der Waals surface area contributed by atoms with E-state index < -0.39 is 46.7 Å². The van der Waals surface area contributed by atoms with Crippen LogP contribution in [0.25, 0.3) is 0 Å². The summed E-state index contributed by atoms with van der Waals surface area (Å²) in [6, 6.07) is 0. The molecule has 0 aromatic rings. The summed E-state index contributed by atoms with van der Waals surface area (Å²) in [6.45, 7) is -0.671. The van der Waals surface area contributed by atoms with E-state index in [-0.39, 0.29) is 19.5 Å². The number of rotatable bonds is 2. The van der Waals surface area contributed by atoms with Gasteiger partial charge in [0.1, 0.15) is 6.10 Å². The van der Waals surface area contributed by atoms with Gasteiger partial charge in [-0.05, 0) is 0 Å². The average Bonchev–Trinajstić information content (AvgIpc) is 2.42. The molecule has 2 atom stereocenters. The number of esters is 1. The van der Waals surface area contributed by atoms with Crippen molar-refractivity contribution in [3.63, 3.8) is 0 Å². The van der Waals surface area contributed by atoms with Gasteiger partial charge < -0.3 is 34.3 Å². The second-order valence-electron chi connectivity index (χ2n) is 2.72. The summed E-state index contributed by atoms with van der Waals surface area (Å²) in [5.41, 5.74) is 0. The van der Waals surface area contributed by atoms with Crippen LogP contribution in [0.2, 0.25) is 0 Å². The summed E-state index contributed by atoms with van der Waals surface area (Å²) < 4.78 is 38.4. The second-order valence-corrected chi connectivity index (χ2v) is 3.53. The molecule has 10 nitrogen and oxygen atoms in total. The molecular weight excluding hydrogens is 330 g/mol. The average molecular weight is 338 g/mol. The fraction of sp³-hybridized carbons (Fsp3) is 0.500. The molecule has 0 aromatic heterocycles. The van der Waals surface area contributed by atoms with Gasteiger partial charge >= 0.3 is 25.4 Å². The normalized spacial score (nSPS) is 20.4. The van der Waals surface area contributed by atoms with Crippen LogP contribution in [-0.2, 0) is 39.4 Å². The van der Waals surface area contributed by atoms with Crippen molar-refractivity contribution in [1.82, 2.24) is 0 Å². The molecule has 0 saturated carbocycles. The van der Waals surface area contributed by atoms with E-state index in [2.05, 4.69) is 4.74 Å². The molecule has 0 amide bonds. The largest absolute Gasteiger partial charge is 2.00 e. The topological polar surface area (TPSA) is 187 Å². The Hall–Kier alpha value is -0.777. The molecule has 0 radical (unpaired) electrons. The van der Waals surface area contributed by atoms with Crippen LogP contribution >= 0.6 is 0 Å². The molecule has 0 aliphatic carbocycles. The number of carbonyl (C=O) groups excluding carboxylic acids is 1. The molecule has 0 aromatic carbocycles. The fourth-order valence-corrected chi connectivity index (χ4v) is 0.823. The van der Waals surface area contributed by atoms with Gasteiger partial charge in [0.05, 0.1) is 6.61 Å². The van der Waals surface area contributed by atoms with E-state index in [1.165, 1.54) is 0 Å². The van der Waals surface area contributed by atoms with E-state index in [0.29, 0.717) is 0 Å². The molecule has 0 fully saturated rings. The number of hydrogen-bond donors (Lipinski definition) is 4. The molecule has 1 rings (SSSR count). The summed E-state index contributed by atoms with van der Waals surface area (Å²) in [5.74, 6) is -2.78. The van der Waals surface area contributed by atoms with E-state index in [1.807, 2.05) is 0 Å². The predicted molar refractivity (Wildman–Crippen MR) is 45.7 cm³/mol. The van der Waals surface area contributed by atoms with E-state index >= 15 is 0 Å². The van der Waals surface area contributed by atoms with Gasteiger partial charge in [-0.25, -0.2) is 4.79 Å². The van der Waals surface area contributed by atoms with Crippen LogP contribution in [0.15, 0.2) is 11.5 Å². The Morgan fingerprint density at radius 2 is 1.72 bits per heavy atom. The molecule has 1 aliphatic rings. The summed E-state index contributed by atoms with van der Waals surface area (Å²) in [4.78, 5) is 10.5. The van der Waals surface area contributed by atoms with Crippen LogP contribution in [0.4, 0.5) is 0 Å². The standard InChI is InChI=1S/C6H8O6.H2O4S.Zn/c7-1-2(8)5-3(9)4(10)6(11)12-5;1-5(2,3)4;/h2,5,7-10H,1H2;(H2,1,2,3,4);/q;;+2/p-2/t2?,5-;;/m1../s1. The van der Waals surface area contributed by atoms with Crippen LogP contribution in [0.5, 0.6) is 0 Å². The van der Waals surface area contributed by atoms with Crippen molar-refractivity contribution >= 4 is 16.4 Å². The Morgan fingerprint density at radius 1 is 1.33 bits per heavy atom. The van der Waals surface area contributed by atoms with Crippen LogP contribution in [0, 0.1) is 0 Å². The SMILES string of the molecule is O=C1O[C@H](C(O)CO)C(O)=C1O.O=S(=O)([O-])[O-].[Zn+2]. The summed E-state index contributed by atoms with van der Waals surface area (Å²) in [7, 11) is -5.17. The smallest absolute Gasteiger partial charge is 0.759 e. The number of cyclic esters (lactones) is 1. The van der Waals surface area contributed by atoms with Gasteiger partial charge in [-0.2, -0.15) is 0 Å². The first kappa shape index (κ1) is 19.6. The van der Waals surface area contributed by atoms with Crippen molar-refractivity contribution in [3.8, 4) is 0 Å². The summed E-state index contributed by atoms with van der Waals surface area (Å²) in [6.07, 6.45) is -2.78. The van der Waals surface area contributed by atoms with E-state index in [9.17, 15) is 4.79 Å². The van der Waals surface area contributed by atoms with E-state index in [1.54, 1.807) is 0 Å². The maximum absolute atomic E-state index is 10.5. The van der Waals surface area contributed by atoms with Gasteiger partial charge in [0.15, 0.2) is 11.9 Å². The van der Waals surface area contributed by atoms with Crippen LogP contribution in [0.3, 0.4) is 0 Å². The molecule has 0 saturated heterocycles. The Morgan fingerprint density at radius 3 is 1.94 bits per heavy atom. The van der Waals surface area contributed by atoms with Gasteiger partial charge in [-0.3, -0.25) is 8.42 Å². The molecule has 0 bridgehead atoms. The van der Waals surface area contributed by atoms with Gasteiger partial charge in [0, 0.05) is 10.4 Å². The number of aliphatic hydroxyl groups excluding tert-OH is 4. The quantitative estimate of drug-likeness (QED) is 0.178. The zero-order valence-electron chi connectivity index (χ0n) is 8.72. The number of carbonyl (C=O) groups is 1. The van der Waals surface area contributed by atoms with Crippen LogP contribution in [-0.4, -0.2) is 62.7 Å².